The molecule has 0 aromatic heterocycles. The lowest BCUT2D eigenvalue weighted by Crippen LogP contribution is -2.25. The Bertz CT molecular complexity index is 2050. The molecule has 0 saturated heterocycles. The molecule has 0 radical (unpaired) electrons. The highest BCUT2D eigenvalue weighted by Crippen LogP contribution is 2.60. The summed E-state index contributed by atoms with van der Waals surface area (Å²) in [4.78, 5) is 0. The average Bonchev–Trinajstić information content (AvgIpc) is 0.760. The highest BCUT2D eigenvalue weighted by Gasteiger charge is 2.38. The first-order valence-electron chi connectivity index (χ1n) is 59.4. The molecule has 0 aliphatic heterocycles. The standard InChI is InChI=1S/C120H222O6/c1-7-13-19-25-31-37-43-49-55-61-67-103-73-85-109(86-74-103)97-121-115-116(122-98-110-87-75-104(76-88-110)68-62-56-50-44-38-32-26-20-14-8-2)118(124-100-112-91-79-106(80-92-112)70-64-58-52-46-40-34-28-22-16-10-4)120(126-102-114-95-83-108(84-96-114)72-66-60-54-48-42-36-30-24-18-12-6)119(125-101-113-93-81-107(82-94-113)71-65-59-53-47-41-35-29-23-17-11-5)117(115)123-99-111-89-77-105(78-90-111)69-63-57-51-45-39-33-27-21-15-9-3/h103-114H,7-102H2,1-6H3/t103-,104-,105-,106-,107-,108-,109-,110-,111-,112-,113-,114-. The summed E-state index contributed by atoms with van der Waals surface area (Å²) < 4.78 is 47.2. The van der Waals surface area contributed by atoms with Gasteiger partial charge in [-0.25, -0.2) is 0 Å². The maximum atomic E-state index is 7.87. The molecule has 0 spiro atoms. The van der Waals surface area contributed by atoms with E-state index in [1.165, 1.54) is 578 Å². The van der Waals surface area contributed by atoms with Gasteiger partial charge in [0.05, 0.1) is 39.6 Å². The largest absolute Gasteiger partial charge is 0.486 e. The van der Waals surface area contributed by atoms with E-state index >= 15 is 0 Å². The lowest BCUT2D eigenvalue weighted by atomic mass is 9.80. The zero-order valence-electron chi connectivity index (χ0n) is 86.3. The SMILES string of the molecule is CCCCCCCCCCCC[C@H]1CC[C@H](COc2c(OC[C@H]3CC[C@H](CCCCCCCCCCCC)CC3)c(OC[C@H]3CC[C@H](CCCCCCCCCCCC)CC3)c(OC[C@H]3CC[C@H](CCCCCCCCCCCC)CC3)c(OC[C@H]3CC[C@H](CCCCCCCCCCCC)CC3)c2OC[C@H]2CC[C@H](CCCCCCCCCCCC)CC2)CC1. The van der Waals surface area contributed by atoms with Crippen LogP contribution in [-0.4, -0.2) is 39.6 Å². The van der Waals surface area contributed by atoms with Crippen LogP contribution >= 0.6 is 0 Å². The van der Waals surface area contributed by atoms with Crippen molar-refractivity contribution >= 4 is 0 Å². The van der Waals surface area contributed by atoms with Gasteiger partial charge in [0.15, 0.2) is 0 Å². The zero-order valence-corrected chi connectivity index (χ0v) is 86.3. The number of ether oxygens (including phenoxy) is 6. The van der Waals surface area contributed by atoms with Crippen LogP contribution in [0.1, 0.15) is 619 Å². The minimum absolute atomic E-state index is 0.502. The quantitative estimate of drug-likeness (QED) is 0.0606. The van der Waals surface area contributed by atoms with Crippen molar-refractivity contribution < 1.29 is 28.4 Å². The molecule has 0 atom stereocenters. The van der Waals surface area contributed by atoms with E-state index in [1.54, 1.807) is 0 Å². The number of benzene rings is 1. The van der Waals surface area contributed by atoms with Gasteiger partial charge in [0.25, 0.3) is 0 Å². The van der Waals surface area contributed by atoms with Crippen LogP contribution in [0.4, 0.5) is 0 Å². The number of hydrogen-bond acceptors (Lipinski definition) is 6. The summed E-state index contributed by atoms with van der Waals surface area (Å²) in [5.41, 5.74) is 0. The molecule has 1 aromatic carbocycles. The molecular formula is C120H222O6. The van der Waals surface area contributed by atoms with Gasteiger partial charge in [0.1, 0.15) is 0 Å². The Hall–Kier alpha value is -1.98. The smallest absolute Gasteiger partial charge is 0.211 e. The molecule has 126 heavy (non-hydrogen) atoms. The van der Waals surface area contributed by atoms with Crippen LogP contribution in [0, 0.1) is 71.0 Å². The molecule has 6 fully saturated rings. The van der Waals surface area contributed by atoms with Gasteiger partial charge in [-0.05, 0) is 148 Å². The van der Waals surface area contributed by atoms with Crippen LogP contribution in [0.5, 0.6) is 34.5 Å². The molecule has 0 amide bonds. The molecule has 6 saturated carbocycles. The van der Waals surface area contributed by atoms with Crippen molar-refractivity contribution in [3.05, 3.63) is 0 Å². The Morgan fingerprint density at radius 1 is 0.119 bits per heavy atom. The van der Waals surface area contributed by atoms with E-state index in [2.05, 4.69) is 41.5 Å². The third kappa shape index (κ3) is 52.8. The third-order valence-electron chi connectivity index (χ3n) is 33.6. The van der Waals surface area contributed by atoms with Crippen molar-refractivity contribution in [3.8, 4) is 34.5 Å². The Balaban J connectivity index is 1.18. The lowest BCUT2D eigenvalue weighted by molar-refractivity contribution is 0.117. The highest BCUT2D eigenvalue weighted by molar-refractivity contribution is 5.74. The number of rotatable bonds is 84. The van der Waals surface area contributed by atoms with Gasteiger partial charge in [-0.15, -0.1) is 0 Å². The third-order valence-corrected chi connectivity index (χ3v) is 33.6. The first kappa shape index (κ1) is 111. The fraction of sp³-hybridized carbons (Fsp3) is 0.950. The Kier molecular flexibility index (Phi) is 68.0. The van der Waals surface area contributed by atoms with E-state index in [0.717, 1.165) is 70.0 Å². The Labute approximate surface area is 788 Å². The van der Waals surface area contributed by atoms with Crippen molar-refractivity contribution in [2.45, 2.75) is 619 Å². The van der Waals surface area contributed by atoms with Crippen LogP contribution < -0.4 is 28.4 Å². The second kappa shape index (κ2) is 77.2. The van der Waals surface area contributed by atoms with Crippen LogP contribution in [0.3, 0.4) is 0 Å². The van der Waals surface area contributed by atoms with E-state index in [0.29, 0.717) is 75.1 Å². The van der Waals surface area contributed by atoms with E-state index in [4.69, 9.17) is 28.4 Å². The number of unbranched alkanes of at least 4 members (excludes halogenated alkanes) is 54. The first-order chi connectivity index (χ1) is 62.4. The summed E-state index contributed by atoms with van der Waals surface area (Å²) in [6.45, 7) is 18.2. The maximum absolute atomic E-state index is 7.87. The summed E-state index contributed by atoms with van der Waals surface area (Å²) >= 11 is 0. The molecule has 0 bridgehead atoms. The molecule has 738 valence electrons. The Morgan fingerprint density at radius 3 is 0.310 bits per heavy atom. The lowest BCUT2D eigenvalue weighted by Gasteiger charge is -2.34. The second-order valence-electron chi connectivity index (χ2n) is 45.0. The summed E-state index contributed by atoms with van der Waals surface area (Å²) in [5, 5.41) is 0. The summed E-state index contributed by atoms with van der Waals surface area (Å²) in [6.07, 6.45) is 125. The summed E-state index contributed by atoms with van der Waals surface area (Å²) in [5.74, 6) is 12.9. The van der Waals surface area contributed by atoms with E-state index in [9.17, 15) is 0 Å². The van der Waals surface area contributed by atoms with Gasteiger partial charge in [-0.3, -0.25) is 0 Å². The fourth-order valence-electron chi connectivity index (χ4n) is 24.3. The normalized spacial score (nSPS) is 23.1. The minimum Gasteiger partial charge on any atom is -0.486 e. The average molecular weight is 1760 g/mol. The highest BCUT2D eigenvalue weighted by atomic mass is 16.6. The summed E-state index contributed by atoms with van der Waals surface area (Å²) in [6, 6.07) is 0. The van der Waals surface area contributed by atoms with Crippen molar-refractivity contribution in [2.24, 2.45) is 71.0 Å². The van der Waals surface area contributed by atoms with Crippen LogP contribution in [-0.2, 0) is 0 Å². The van der Waals surface area contributed by atoms with E-state index in [1.807, 2.05) is 0 Å². The van der Waals surface area contributed by atoms with Gasteiger partial charge in [-0.1, -0.05) is 542 Å². The molecule has 0 N–H and O–H groups in total. The predicted molar refractivity (Wildman–Crippen MR) is 551 cm³/mol. The molecule has 6 heteroatoms. The van der Waals surface area contributed by atoms with Crippen molar-refractivity contribution in [3.63, 3.8) is 0 Å². The van der Waals surface area contributed by atoms with Gasteiger partial charge < -0.3 is 28.4 Å². The maximum Gasteiger partial charge on any atom is 0.211 e. The molecule has 0 heterocycles. The van der Waals surface area contributed by atoms with Crippen molar-refractivity contribution in [1.29, 1.82) is 0 Å². The van der Waals surface area contributed by atoms with Gasteiger partial charge in [0.2, 0.25) is 34.5 Å². The van der Waals surface area contributed by atoms with Crippen LogP contribution in [0.2, 0.25) is 0 Å². The monoisotopic (exact) mass is 1760 g/mol. The van der Waals surface area contributed by atoms with E-state index < -0.39 is 0 Å². The van der Waals surface area contributed by atoms with Gasteiger partial charge in [0, 0.05) is 0 Å². The first-order valence-corrected chi connectivity index (χ1v) is 59.4. The number of hydrogen-bond donors (Lipinski definition) is 0. The minimum atomic E-state index is 0.502. The van der Waals surface area contributed by atoms with Gasteiger partial charge in [-0.2, -0.15) is 0 Å². The predicted octanol–water partition coefficient (Wildman–Crippen LogP) is 40.7. The Morgan fingerprint density at radius 2 is 0.206 bits per heavy atom. The van der Waals surface area contributed by atoms with E-state index in [-0.39, 0.29) is 0 Å². The molecule has 6 nitrogen and oxygen atoms in total. The topological polar surface area (TPSA) is 55.4 Å². The van der Waals surface area contributed by atoms with Crippen LogP contribution in [0.15, 0.2) is 0 Å². The molecule has 6 aliphatic carbocycles. The molecule has 7 rings (SSSR count). The molecular weight excluding hydrogens is 1540 g/mol. The van der Waals surface area contributed by atoms with Gasteiger partial charge >= 0.3 is 0 Å². The second-order valence-corrected chi connectivity index (χ2v) is 45.0. The van der Waals surface area contributed by atoms with Crippen LogP contribution in [0.25, 0.3) is 0 Å². The van der Waals surface area contributed by atoms with Crippen molar-refractivity contribution in [2.75, 3.05) is 39.6 Å². The molecule has 6 aliphatic rings. The fourth-order valence-corrected chi connectivity index (χ4v) is 24.3. The summed E-state index contributed by atoms with van der Waals surface area (Å²) in [7, 11) is 0. The molecule has 1 aromatic rings. The zero-order chi connectivity index (χ0) is 88.5. The van der Waals surface area contributed by atoms with Crippen molar-refractivity contribution in [1.82, 2.24) is 0 Å². The molecule has 0 unspecified atom stereocenters.